The second-order valence-corrected chi connectivity index (χ2v) is 3.08. The Hall–Kier alpha value is -1.23. The molecule has 1 aromatic carbocycles. The second-order valence-electron chi connectivity index (χ2n) is 2.28. The van der Waals surface area contributed by atoms with E-state index >= 15 is 0 Å². The molecule has 0 aromatic heterocycles. The molecule has 2 N–H and O–H groups in total. The molecule has 0 aliphatic carbocycles. The van der Waals surface area contributed by atoms with Crippen molar-refractivity contribution in [2.75, 3.05) is 7.11 Å². The fraction of sp³-hybridized carbons (Fsp3) is 0.125. The maximum absolute atomic E-state index is 10.7. The monoisotopic (exact) mass is 246 g/mol. The highest BCUT2D eigenvalue weighted by Gasteiger charge is 2.16. The topological polar surface area (TPSA) is 66.8 Å². The molecule has 0 aliphatic heterocycles. The number of aromatic hydroxyl groups is 1. The fourth-order valence-electron chi connectivity index (χ4n) is 0.914. The molecule has 0 bridgehead atoms. The third-order valence-electron chi connectivity index (χ3n) is 1.51. The van der Waals surface area contributed by atoms with Gasteiger partial charge in [0.15, 0.2) is 5.75 Å². The smallest absolute Gasteiger partial charge is 0.339 e. The molecule has 0 unspecified atom stereocenters. The van der Waals surface area contributed by atoms with E-state index in [1.54, 1.807) is 0 Å². The summed E-state index contributed by atoms with van der Waals surface area (Å²) in [6.45, 7) is 0. The molecule has 0 saturated heterocycles. The van der Waals surface area contributed by atoms with E-state index in [2.05, 4.69) is 15.9 Å². The van der Waals surface area contributed by atoms with Gasteiger partial charge in [-0.15, -0.1) is 0 Å². The molecule has 4 nitrogen and oxygen atoms in total. The zero-order valence-electron chi connectivity index (χ0n) is 6.74. The molecule has 1 aromatic rings. The Morgan fingerprint density at radius 3 is 2.62 bits per heavy atom. The molecule has 70 valence electrons. The maximum Gasteiger partial charge on any atom is 0.339 e. The first-order valence-electron chi connectivity index (χ1n) is 3.36. The third kappa shape index (κ3) is 1.75. The van der Waals surface area contributed by atoms with Crippen LogP contribution in [-0.4, -0.2) is 23.3 Å². The van der Waals surface area contributed by atoms with Crippen LogP contribution in [0.2, 0.25) is 0 Å². The van der Waals surface area contributed by atoms with Crippen molar-refractivity contribution in [3.8, 4) is 11.5 Å². The summed E-state index contributed by atoms with van der Waals surface area (Å²) in [5.74, 6) is -1.04. The number of rotatable bonds is 2. The van der Waals surface area contributed by atoms with Gasteiger partial charge < -0.3 is 14.9 Å². The quantitative estimate of drug-likeness (QED) is 0.836. The highest BCUT2D eigenvalue weighted by Crippen LogP contribution is 2.36. The molecular formula is C8H7BrO4. The summed E-state index contributed by atoms with van der Waals surface area (Å²) in [5, 5.41) is 17.9. The molecule has 13 heavy (non-hydrogen) atoms. The van der Waals surface area contributed by atoms with Crippen LogP contribution in [0.4, 0.5) is 0 Å². The van der Waals surface area contributed by atoms with Crippen LogP contribution in [0.25, 0.3) is 0 Å². The van der Waals surface area contributed by atoms with Crippen molar-refractivity contribution in [2.24, 2.45) is 0 Å². The van der Waals surface area contributed by atoms with E-state index in [1.165, 1.54) is 19.2 Å². The number of phenols is 1. The summed E-state index contributed by atoms with van der Waals surface area (Å²) in [6.07, 6.45) is 0. The molecule has 0 saturated carbocycles. The standard InChI is InChI=1S/C8H7BrO4/c1-13-7-4(8(11)12)2-3-5(10)6(7)9/h2-3,10H,1H3,(H,11,12). The molecule has 0 atom stereocenters. The number of hydrogen-bond donors (Lipinski definition) is 2. The van der Waals surface area contributed by atoms with E-state index in [4.69, 9.17) is 9.84 Å². The van der Waals surface area contributed by atoms with Crippen LogP contribution < -0.4 is 4.74 Å². The number of benzene rings is 1. The number of carboxylic acids is 1. The van der Waals surface area contributed by atoms with E-state index < -0.39 is 5.97 Å². The summed E-state index contributed by atoms with van der Waals surface area (Å²) in [5.41, 5.74) is 0.00664. The molecule has 0 heterocycles. The Bertz CT molecular complexity index is 348. The van der Waals surface area contributed by atoms with Crippen molar-refractivity contribution in [3.05, 3.63) is 22.2 Å². The minimum Gasteiger partial charge on any atom is -0.507 e. The SMILES string of the molecule is COc1c(C(=O)O)ccc(O)c1Br. The number of aromatic carboxylic acids is 1. The van der Waals surface area contributed by atoms with Crippen LogP contribution in [0.3, 0.4) is 0 Å². The molecule has 0 spiro atoms. The lowest BCUT2D eigenvalue weighted by Gasteiger charge is -2.07. The van der Waals surface area contributed by atoms with Crippen molar-refractivity contribution >= 4 is 21.9 Å². The van der Waals surface area contributed by atoms with Crippen molar-refractivity contribution in [2.45, 2.75) is 0 Å². The van der Waals surface area contributed by atoms with Gasteiger partial charge in [-0.2, -0.15) is 0 Å². The van der Waals surface area contributed by atoms with Gasteiger partial charge in [0.25, 0.3) is 0 Å². The Morgan fingerprint density at radius 1 is 1.54 bits per heavy atom. The molecule has 5 heteroatoms. The summed E-state index contributed by atoms with van der Waals surface area (Å²) in [6, 6.07) is 2.57. The van der Waals surface area contributed by atoms with Crippen LogP contribution >= 0.6 is 15.9 Å². The van der Waals surface area contributed by atoms with Gasteiger partial charge in [0.05, 0.1) is 7.11 Å². The average Bonchev–Trinajstić information content (AvgIpc) is 2.09. The minimum absolute atomic E-state index is 0.00664. The first kappa shape index (κ1) is 9.85. The number of methoxy groups -OCH3 is 1. The van der Waals surface area contributed by atoms with Gasteiger partial charge in [-0.3, -0.25) is 0 Å². The third-order valence-corrected chi connectivity index (χ3v) is 2.28. The second kappa shape index (κ2) is 3.66. The van der Waals surface area contributed by atoms with E-state index in [-0.39, 0.29) is 21.5 Å². The van der Waals surface area contributed by atoms with Crippen molar-refractivity contribution in [1.82, 2.24) is 0 Å². The highest BCUT2D eigenvalue weighted by atomic mass is 79.9. The van der Waals surface area contributed by atoms with E-state index in [0.29, 0.717) is 0 Å². The van der Waals surface area contributed by atoms with Crippen LogP contribution in [-0.2, 0) is 0 Å². The summed E-state index contributed by atoms with van der Waals surface area (Å²) in [7, 11) is 1.34. The number of ether oxygens (including phenoxy) is 1. The average molecular weight is 247 g/mol. The predicted octanol–water partition coefficient (Wildman–Crippen LogP) is 1.86. The predicted molar refractivity (Wildman–Crippen MR) is 49.3 cm³/mol. The lowest BCUT2D eigenvalue weighted by atomic mass is 10.2. The van der Waals surface area contributed by atoms with Gasteiger partial charge >= 0.3 is 5.97 Å². The van der Waals surface area contributed by atoms with Crippen LogP contribution in [0.5, 0.6) is 11.5 Å². The zero-order valence-corrected chi connectivity index (χ0v) is 8.33. The molecule has 0 fully saturated rings. The zero-order chi connectivity index (χ0) is 10.0. The van der Waals surface area contributed by atoms with Crippen LogP contribution in [0.15, 0.2) is 16.6 Å². The number of halogens is 1. The first-order chi connectivity index (χ1) is 6.07. The number of hydrogen-bond acceptors (Lipinski definition) is 3. The Labute approximate surface area is 82.9 Å². The fourth-order valence-corrected chi connectivity index (χ4v) is 1.42. The molecular weight excluding hydrogens is 240 g/mol. The number of carboxylic acid groups (broad SMARTS) is 1. The van der Waals surface area contributed by atoms with Crippen molar-refractivity contribution in [1.29, 1.82) is 0 Å². The lowest BCUT2D eigenvalue weighted by molar-refractivity contribution is 0.0693. The molecule has 0 aliphatic rings. The van der Waals surface area contributed by atoms with Gasteiger partial charge in [0.1, 0.15) is 15.8 Å². The number of carbonyl (C=O) groups is 1. The summed E-state index contributed by atoms with van der Waals surface area (Å²) < 4.78 is 5.08. The van der Waals surface area contributed by atoms with Crippen molar-refractivity contribution < 1.29 is 19.7 Å². The van der Waals surface area contributed by atoms with E-state index in [9.17, 15) is 9.90 Å². The van der Waals surface area contributed by atoms with Gasteiger partial charge in [0.2, 0.25) is 0 Å². The van der Waals surface area contributed by atoms with Gasteiger partial charge in [-0.1, -0.05) is 0 Å². The Kier molecular flexibility index (Phi) is 2.77. The Morgan fingerprint density at radius 2 is 2.15 bits per heavy atom. The summed E-state index contributed by atoms with van der Waals surface area (Å²) in [4.78, 5) is 10.7. The van der Waals surface area contributed by atoms with Crippen molar-refractivity contribution in [3.63, 3.8) is 0 Å². The van der Waals surface area contributed by atoms with Gasteiger partial charge in [-0.05, 0) is 28.1 Å². The van der Waals surface area contributed by atoms with Gasteiger partial charge in [0, 0.05) is 0 Å². The molecule has 0 amide bonds. The highest BCUT2D eigenvalue weighted by molar-refractivity contribution is 9.10. The van der Waals surface area contributed by atoms with Crippen LogP contribution in [0.1, 0.15) is 10.4 Å². The van der Waals surface area contributed by atoms with Gasteiger partial charge in [-0.25, -0.2) is 4.79 Å². The largest absolute Gasteiger partial charge is 0.507 e. The van der Waals surface area contributed by atoms with E-state index in [1.807, 2.05) is 0 Å². The number of phenolic OH excluding ortho intramolecular Hbond substituents is 1. The maximum atomic E-state index is 10.7. The normalized spacial score (nSPS) is 9.69. The minimum atomic E-state index is -1.10. The molecule has 0 radical (unpaired) electrons. The Balaban J connectivity index is 3.38. The van der Waals surface area contributed by atoms with Crippen LogP contribution in [0, 0.1) is 0 Å². The lowest BCUT2D eigenvalue weighted by Crippen LogP contribution is -2.00. The summed E-state index contributed by atoms with van der Waals surface area (Å²) >= 11 is 3.02. The molecule has 1 rings (SSSR count). The van der Waals surface area contributed by atoms with E-state index in [0.717, 1.165) is 0 Å². The first-order valence-corrected chi connectivity index (χ1v) is 4.16.